The second-order valence-corrected chi connectivity index (χ2v) is 6.09. The molecule has 1 aromatic carbocycles. The maximum Gasteiger partial charge on any atom is 0.245 e. The molecule has 126 valence electrons. The van der Waals surface area contributed by atoms with E-state index in [1.165, 1.54) is 6.92 Å². The molecule has 0 spiro atoms. The highest BCUT2D eigenvalue weighted by atomic mass is 16.6. The molecule has 2 rings (SSSR count). The normalized spacial score (nSPS) is 14.3. The van der Waals surface area contributed by atoms with Gasteiger partial charge >= 0.3 is 0 Å². The lowest BCUT2D eigenvalue weighted by Crippen LogP contribution is -2.49. The molecule has 1 aromatic rings. The molecule has 1 aliphatic heterocycles. The minimum Gasteiger partial charge on any atom is -0.486 e. The van der Waals surface area contributed by atoms with Gasteiger partial charge in [-0.2, -0.15) is 0 Å². The van der Waals surface area contributed by atoms with E-state index >= 15 is 0 Å². The van der Waals surface area contributed by atoms with Gasteiger partial charge in [0.2, 0.25) is 11.8 Å². The summed E-state index contributed by atoms with van der Waals surface area (Å²) in [7, 11) is 1.73. The van der Waals surface area contributed by atoms with E-state index in [-0.39, 0.29) is 17.7 Å². The summed E-state index contributed by atoms with van der Waals surface area (Å²) in [5, 5.41) is 2.72. The molecule has 1 unspecified atom stereocenters. The lowest BCUT2D eigenvalue weighted by molar-refractivity contribution is -0.136. The van der Waals surface area contributed by atoms with E-state index in [4.69, 9.17) is 9.47 Å². The number of hydrogen-bond donors (Lipinski definition) is 1. The number of amides is 2. The number of nitrogens with zero attached hydrogens (tertiary/aromatic N) is 1. The second-order valence-electron chi connectivity index (χ2n) is 6.09. The van der Waals surface area contributed by atoms with E-state index in [9.17, 15) is 9.59 Å². The summed E-state index contributed by atoms with van der Waals surface area (Å²) in [5.41, 5.74) is 0.954. The van der Waals surface area contributed by atoms with Crippen LogP contribution in [0, 0.1) is 5.92 Å². The van der Waals surface area contributed by atoms with Crippen molar-refractivity contribution in [2.75, 3.05) is 20.3 Å². The standard InChI is InChI=1S/C17H24N2O4/c1-11(2)16(18-12(3)20)17(21)19(4)10-13-5-6-14-15(9-13)23-8-7-22-14/h5-6,9,11,16H,7-8,10H2,1-4H3,(H,18,20). The molecule has 0 bridgehead atoms. The lowest BCUT2D eigenvalue weighted by atomic mass is 10.0. The van der Waals surface area contributed by atoms with Gasteiger partial charge in [-0.25, -0.2) is 0 Å². The van der Waals surface area contributed by atoms with E-state index < -0.39 is 6.04 Å². The number of ether oxygens (including phenoxy) is 2. The van der Waals surface area contributed by atoms with Crippen molar-refractivity contribution in [1.82, 2.24) is 10.2 Å². The highest BCUT2D eigenvalue weighted by molar-refractivity contribution is 5.86. The summed E-state index contributed by atoms with van der Waals surface area (Å²) in [6, 6.07) is 5.14. The Morgan fingerprint density at radius 1 is 1.22 bits per heavy atom. The first-order chi connectivity index (χ1) is 10.9. The Labute approximate surface area is 136 Å². The number of fused-ring (bicyclic) bond motifs is 1. The third kappa shape index (κ3) is 4.37. The number of carbonyl (C=O) groups is 2. The summed E-state index contributed by atoms with van der Waals surface area (Å²) in [6.07, 6.45) is 0. The predicted molar refractivity (Wildman–Crippen MR) is 86.3 cm³/mol. The van der Waals surface area contributed by atoms with Crippen LogP contribution < -0.4 is 14.8 Å². The summed E-state index contributed by atoms with van der Waals surface area (Å²) in [6.45, 7) is 6.77. The average molecular weight is 320 g/mol. The van der Waals surface area contributed by atoms with E-state index in [2.05, 4.69) is 5.32 Å². The van der Waals surface area contributed by atoms with Gasteiger partial charge in [-0.05, 0) is 23.6 Å². The van der Waals surface area contributed by atoms with Gasteiger partial charge in [0.05, 0.1) is 0 Å². The summed E-state index contributed by atoms with van der Waals surface area (Å²) in [4.78, 5) is 25.5. The Morgan fingerprint density at radius 2 is 1.87 bits per heavy atom. The molecule has 1 atom stereocenters. The molecule has 0 fully saturated rings. The zero-order chi connectivity index (χ0) is 17.0. The van der Waals surface area contributed by atoms with Gasteiger partial charge in [0.25, 0.3) is 0 Å². The zero-order valence-electron chi connectivity index (χ0n) is 14.1. The Hall–Kier alpha value is -2.24. The van der Waals surface area contributed by atoms with Gasteiger partial charge in [-0.15, -0.1) is 0 Å². The Morgan fingerprint density at radius 3 is 2.48 bits per heavy atom. The van der Waals surface area contributed by atoms with Crippen molar-refractivity contribution in [2.24, 2.45) is 5.92 Å². The number of rotatable bonds is 5. The molecule has 0 saturated carbocycles. The van der Waals surface area contributed by atoms with Crippen molar-refractivity contribution in [1.29, 1.82) is 0 Å². The van der Waals surface area contributed by atoms with Crippen molar-refractivity contribution in [3.8, 4) is 11.5 Å². The van der Waals surface area contributed by atoms with E-state index in [0.29, 0.717) is 25.5 Å². The first-order valence-electron chi connectivity index (χ1n) is 7.79. The molecule has 0 aromatic heterocycles. The Bertz CT molecular complexity index is 586. The second kappa shape index (κ2) is 7.35. The third-order valence-electron chi connectivity index (χ3n) is 3.69. The van der Waals surface area contributed by atoms with Crippen LogP contribution in [-0.4, -0.2) is 43.0 Å². The zero-order valence-corrected chi connectivity index (χ0v) is 14.1. The van der Waals surface area contributed by atoms with Gasteiger partial charge in [0.1, 0.15) is 19.3 Å². The first kappa shape index (κ1) is 17.1. The molecule has 6 heteroatoms. The maximum atomic E-state index is 12.6. The van der Waals surface area contributed by atoms with Crippen LogP contribution in [-0.2, 0) is 16.1 Å². The highest BCUT2D eigenvalue weighted by Crippen LogP contribution is 2.31. The summed E-state index contributed by atoms with van der Waals surface area (Å²) < 4.78 is 11.1. The Kier molecular flexibility index (Phi) is 5.47. The molecule has 0 radical (unpaired) electrons. The van der Waals surface area contributed by atoms with Crippen molar-refractivity contribution in [2.45, 2.75) is 33.4 Å². The van der Waals surface area contributed by atoms with Crippen molar-refractivity contribution >= 4 is 11.8 Å². The fourth-order valence-corrected chi connectivity index (χ4v) is 2.51. The van der Waals surface area contributed by atoms with Gasteiger partial charge < -0.3 is 19.7 Å². The molecule has 0 aliphatic carbocycles. The van der Waals surface area contributed by atoms with Gasteiger partial charge in [0, 0.05) is 20.5 Å². The van der Waals surface area contributed by atoms with Crippen molar-refractivity contribution in [3.05, 3.63) is 23.8 Å². The Balaban J connectivity index is 2.06. The number of likely N-dealkylation sites (N-methyl/N-ethyl adjacent to an activating group) is 1. The molecule has 1 aliphatic rings. The molecular weight excluding hydrogens is 296 g/mol. The minimum atomic E-state index is -0.519. The van der Waals surface area contributed by atoms with Crippen LogP contribution in [0.4, 0.5) is 0 Å². The quantitative estimate of drug-likeness (QED) is 0.894. The minimum absolute atomic E-state index is 0.0223. The van der Waals surface area contributed by atoms with E-state index in [1.54, 1.807) is 11.9 Å². The lowest BCUT2D eigenvalue weighted by Gasteiger charge is -2.27. The van der Waals surface area contributed by atoms with E-state index in [1.807, 2.05) is 32.0 Å². The maximum absolute atomic E-state index is 12.6. The number of hydrogen-bond acceptors (Lipinski definition) is 4. The molecule has 1 heterocycles. The monoisotopic (exact) mass is 320 g/mol. The number of carbonyl (C=O) groups excluding carboxylic acids is 2. The SMILES string of the molecule is CC(=O)NC(C(=O)N(C)Cc1ccc2c(c1)OCCO2)C(C)C. The van der Waals surface area contributed by atoms with Crippen LogP contribution in [0.1, 0.15) is 26.3 Å². The van der Waals surface area contributed by atoms with Crippen LogP contribution in [0.25, 0.3) is 0 Å². The molecule has 23 heavy (non-hydrogen) atoms. The fraction of sp³-hybridized carbons (Fsp3) is 0.529. The van der Waals surface area contributed by atoms with Crippen LogP contribution in [0.3, 0.4) is 0 Å². The van der Waals surface area contributed by atoms with Gasteiger partial charge in [-0.3, -0.25) is 9.59 Å². The largest absolute Gasteiger partial charge is 0.486 e. The van der Waals surface area contributed by atoms with Crippen molar-refractivity contribution < 1.29 is 19.1 Å². The summed E-state index contributed by atoms with van der Waals surface area (Å²) in [5.74, 6) is 1.15. The van der Waals surface area contributed by atoms with E-state index in [0.717, 1.165) is 11.3 Å². The smallest absolute Gasteiger partial charge is 0.245 e. The molecule has 1 N–H and O–H groups in total. The van der Waals surface area contributed by atoms with Crippen LogP contribution >= 0.6 is 0 Å². The van der Waals surface area contributed by atoms with Crippen LogP contribution in [0.2, 0.25) is 0 Å². The average Bonchev–Trinajstić information content (AvgIpc) is 2.51. The molecular formula is C17H24N2O4. The van der Waals surface area contributed by atoms with Gasteiger partial charge in [0.15, 0.2) is 11.5 Å². The fourth-order valence-electron chi connectivity index (χ4n) is 2.51. The third-order valence-corrected chi connectivity index (χ3v) is 3.69. The topological polar surface area (TPSA) is 67.9 Å². The molecule has 0 saturated heterocycles. The summed E-state index contributed by atoms with van der Waals surface area (Å²) >= 11 is 0. The molecule has 6 nitrogen and oxygen atoms in total. The predicted octanol–water partition coefficient (Wildman–Crippen LogP) is 1.58. The van der Waals surface area contributed by atoms with Crippen molar-refractivity contribution in [3.63, 3.8) is 0 Å². The van der Waals surface area contributed by atoms with Gasteiger partial charge in [-0.1, -0.05) is 19.9 Å². The van der Waals surface area contributed by atoms with Crippen LogP contribution in [0.15, 0.2) is 18.2 Å². The first-order valence-corrected chi connectivity index (χ1v) is 7.79. The molecule has 2 amide bonds. The highest BCUT2D eigenvalue weighted by Gasteiger charge is 2.26. The number of nitrogens with one attached hydrogen (secondary N) is 1. The van der Waals surface area contributed by atoms with Crippen LogP contribution in [0.5, 0.6) is 11.5 Å². The number of benzene rings is 1.